The average Bonchev–Trinajstić information content (AvgIpc) is 1.84. The zero-order valence-electron chi connectivity index (χ0n) is 7.16. The summed E-state index contributed by atoms with van der Waals surface area (Å²) in [5.74, 6) is -1.82. The van der Waals surface area contributed by atoms with Crippen LogP contribution in [0, 0.1) is 0 Å². The Kier molecular flexibility index (Phi) is 3.44. The molecular formula is C7H16O4. The first-order valence-electron chi connectivity index (χ1n) is 3.47. The van der Waals surface area contributed by atoms with Gasteiger partial charge in [0.25, 0.3) is 0 Å². The molecule has 0 amide bonds. The summed E-state index contributed by atoms with van der Waals surface area (Å²) in [5, 5.41) is 26.5. The third-order valence-corrected chi connectivity index (χ3v) is 0.990. The van der Waals surface area contributed by atoms with Crippen molar-refractivity contribution >= 4 is 0 Å². The van der Waals surface area contributed by atoms with E-state index in [2.05, 4.69) is 0 Å². The molecule has 0 atom stereocenters. The normalized spacial score (nSPS) is 13.6. The van der Waals surface area contributed by atoms with Crippen LogP contribution in [0.3, 0.4) is 0 Å². The van der Waals surface area contributed by atoms with E-state index in [1.807, 2.05) is 0 Å². The molecule has 0 radical (unpaired) electrons. The van der Waals surface area contributed by atoms with Crippen molar-refractivity contribution in [2.24, 2.45) is 0 Å². The van der Waals surface area contributed by atoms with Gasteiger partial charge in [0.2, 0.25) is 5.79 Å². The second-order valence-electron chi connectivity index (χ2n) is 3.48. The molecule has 0 aromatic carbocycles. The summed E-state index contributed by atoms with van der Waals surface area (Å²) in [7, 11) is 0. The Bertz CT molecular complexity index is 112. The van der Waals surface area contributed by atoms with Gasteiger partial charge in [0, 0.05) is 0 Å². The van der Waals surface area contributed by atoms with E-state index < -0.39 is 24.6 Å². The summed E-state index contributed by atoms with van der Waals surface area (Å²) in [6, 6.07) is 0. The van der Waals surface area contributed by atoms with E-state index in [0.717, 1.165) is 0 Å². The van der Waals surface area contributed by atoms with Gasteiger partial charge in [-0.2, -0.15) is 0 Å². The van der Waals surface area contributed by atoms with Crippen molar-refractivity contribution in [1.29, 1.82) is 0 Å². The summed E-state index contributed by atoms with van der Waals surface area (Å²) >= 11 is 0. The molecule has 11 heavy (non-hydrogen) atoms. The molecule has 0 aromatic heterocycles. The third kappa shape index (κ3) is 4.31. The van der Waals surface area contributed by atoms with Crippen molar-refractivity contribution < 1.29 is 20.1 Å². The van der Waals surface area contributed by atoms with Gasteiger partial charge in [0.1, 0.15) is 0 Å². The van der Waals surface area contributed by atoms with E-state index in [0.29, 0.717) is 0 Å². The number of aliphatic hydroxyl groups excluding tert-OH is 2. The second-order valence-corrected chi connectivity index (χ2v) is 3.48. The summed E-state index contributed by atoms with van der Waals surface area (Å²) in [4.78, 5) is 0. The molecule has 0 bridgehead atoms. The Hall–Kier alpha value is -0.160. The summed E-state index contributed by atoms with van der Waals surface area (Å²) in [6.07, 6.45) is 0. The highest BCUT2D eigenvalue weighted by Gasteiger charge is 2.31. The number of hydrogen-bond donors (Lipinski definition) is 3. The maximum atomic E-state index is 9.24. The van der Waals surface area contributed by atoms with Gasteiger partial charge in [-0.3, -0.25) is 0 Å². The molecule has 0 aliphatic rings. The molecule has 0 fully saturated rings. The van der Waals surface area contributed by atoms with Crippen LogP contribution in [0.2, 0.25) is 0 Å². The molecular weight excluding hydrogens is 148 g/mol. The van der Waals surface area contributed by atoms with Gasteiger partial charge in [0.05, 0.1) is 18.8 Å². The molecule has 0 aliphatic carbocycles. The molecule has 0 aliphatic heterocycles. The first-order chi connectivity index (χ1) is 4.83. The van der Waals surface area contributed by atoms with Crippen LogP contribution in [0.1, 0.15) is 20.8 Å². The molecule has 0 saturated heterocycles. The predicted octanol–water partition coefficient (Wildman–Crippen LogP) is -0.525. The molecule has 68 valence electrons. The zero-order valence-corrected chi connectivity index (χ0v) is 7.16. The lowest BCUT2D eigenvalue weighted by Crippen LogP contribution is -2.46. The van der Waals surface area contributed by atoms with Gasteiger partial charge in [-0.25, -0.2) is 0 Å². The smallest absolute Gasteiger partial charge is 0.213 e. The molecule has 0 heterocycles. The largest absolute Gasteiger partial charge is 0.391 e. The van der Waals surface area contributed by atoms with Crippen molar-refractivity contribution in [3.8, 4) is 0 Å². The number of aliphatic hydroxyl groups is 3. The van der Waals surface area contributed by atoms with Gasteiger partial charge in [-0.05, 0) is 20.8 Å². The maximum absolute atomic E-state index is 9.24. The van der Waals surface area contributed by atoms with Crippen molar-refractivity contribution in [3.05, 3.63) is 0 Å². The molecule has 3 N–H and O–H groups in total. The van der Waals surface area contributed by atoms with Crippen LogP contribution in [0.4, 0.5) is 0 Å². The van der Waals surface area contributed by atoms with Gasteiger partial charge in [0.15, 0.2) is 0 Å². The molecule has 0 spiro atoms. The monoisotopic (exact) mass is 164 g/mol. The van der Waals surface area contributed by atoms with Crippen molar-refractivity contribution in [2.75, 3.05) is 13.2 Å². The molecule has 0 aromatic rings. The summed E-state index contributed by atoms with van der Waals surface area (Å²) < 4.78 is 4.98. The van der Waals surface area contributed by atoms with Crippen molar-refractivity contribution in [2.45, 2.75) is 32.2 Å². The summed E-state index contributed by atoms with van der Waals surface area (Å²) in [5.41, 5.74) is -0.583. The Morgan fingerprint density at radius 1 is 1.09 bits per heavy atom. The fraction of sp³-hybridized carbons (Fsp3) is 1.00. The highest BCUT2D eigenvalue weighted by Crippen LogP contribution is 2.16. The van der Waals surface area contributed by atoms with Crippen LogP contribution < -0.4 is 0 Å². The Morgan fingerprint density at radius 3 is 1.55 bits per heavy atom. The predicted molar refractivity (Wildman–Crippen MR) is 40.0 cm³/mol. The van der Waals surface area contributed by atoms with E-state index in [-0.39, 0.29) is 0 Å². The molecule has 0 saturated carbocycles. The number of hydrogen-bond acceptors (Lipinski definition) is 4. The van der Waals surface area contributed by atoms with Crippen LogP contribution in [-0.4, -0.2) is 39.9 Å². The quantitative estimate of drug-likeness (QED) is 0.491. The molecule has 4 heteroatoms. The minimum Gasteiger partial charge on any atom is -0.391 e. The molecule has 4 nitrogen and oxygen atoms in total. The molecule has 0 unspecified atom stereocenters. The van der Waals surface area contributed by atoms with Gasteiger partial charge in [-0.1, -0.05) is 0 Å². The van der Waals surface area contributed by atoms with Gasteiger partial charge in [-0.15, -0.1) is 0 Å². The van der Waals surface area contributed by atoms with Gasteiger partial charge >= 0.3 is 0 Å². The fourth-order valence-electron chi connectivity index (χ4n) is 0.684. The number of rotatable bonds is 3. The Labute approximate surface area is 66.4 Å². The van der Waals surface area contributed by atoms with Crippen LogP contribution in [-0.2, 0) is 4.74 Å². The SMILES string of the molecule is CC(C)(C)OC(O)(CO)CO. The highest BCUT2D eigenvalue weighted by molar-refractivity contribution is 4.70. The minimum absolute atomic E-state index is 0.583. The third-order valence-electron chi connectivity index (χ3n) is 0.990. The average molecular weight is 164 g/mol. The zero-order chi connectivity index (χ0) is 9.12. The van der Waals surface area contributed by atoms with E-state index in [1.165, 1.54) is 0 Å². The first-order valence-corrected chi connectivity index (χ1v) is 3.47. The van der Waals surface area contributed by atoms with E-state index in [4.69, 9.17) is 14.9 Å². The highest BCUT2D eigenvalue weighted by atomic mass is 16.7. The van der Waals surface area contributed by atoms with Gasteiger partial charge < -0.3 is 20.1 Å². The lowest BCUT2D eigenvalue weighted by molar-refractivity contribution is -0.282. The summed E-state index contributed by atoms with van der Waals surface area (Å²) in [6.45, 7) is 3.96. The second kappa shape index (κ2) is 3.49. The Balaban J connectivity index is 4.08. The maximum Gasteiger partial charge on any atom is 0.213 e. The van der Waals surface area contributed by atoms with Crippen molar-refractivity contribution in [1.82, 2.24) is 0 Å². The lowest BCUT2D eigenvalue weighted by Gasteiger charge is -2.32. The lowest BCUT2D eigenvalue weighted by atomic mass is 10.1. The topological polar surface area (TPSA) is 69.9 Å². The van der Waals surface area contributed by atoms with E-state index in [1.54, 1.807) is 20.8 Å². The minimum atomic E-state index is -1.82. The van der Waals surface area contributed by atoms with Crippen LogP contribution in [0.15, 0.2) is 0 Å². The fourth-order valence-corrected chi connectivity index (χ4v) is 0.684. The van der Waals surface area contributed by atoms with Crippen LogP contribution in [0.5, 0.6) is 0 Å². The van der Waals surface area contributed by atoms with Crippen LogP contribution in [0.25, 0.3) is 0 Å². The molecule has 0 rings (SSSR count). The number of ether oxygens (including phenoxy) is 1. The van der Waals surface area contributed by atoms with E-state index in [9.17, 15) is 5.11 Å². The first kappa shape index (κ1) is 10.8. The van der Waals surface area contributed by atoms with Crippen LogP contribution >= 0.6 is 0 Å². The van der Waals surface area contributed by atoms with Crippen molar-refractivity contribution in [3.63, 3.8) is 0 Å². The standard InChI is InChI=1S/C7H16O4/c1-6(2,3)11-7(10,4-8)5-9/h8-10H,4-5H2,1-3H3. The van der Waals surface area contributed by atoms with E-state index >= 15 is 0 Å². The Morgan fingerprint density at radius 2 is 1.45 bits per heavy atom.